The van der Waals surface area contributed by atoms with Crippen LogP contribution in [0.3, 0.4) is 0 Å². The quantitative estimate of drug-likeness (QED) is 0.494. The zero-order valence-corrected chi connectivity index (χ0v) is 19.1. The number of hydrogen-bond donors (Lipinski definition) is 0. The van der Waals surface area contributed by atoms with E-state index in [9.17, 15) is 13.2 Å². The fourth-order valence-electron chi connectivity index (χ4n) is 4.02. The summed E-state index contributed by atoms with van der Waals surface area (Å²) in [7, 11) is 3.21. The topological polar surface area (TPSA) is 68.5 Å². The first-order valence-electron chi connectivity index (χ1n) is 11.0. The lowest BCUT2D eigenvalue weighted by Crippen LogP contribution is -2.46. The molecule has 8 nitrogen and oxygen atoms in total. The lowest BCUT2D eigenvalue weighted by Gasteiger charge is -2.36. The largest absolute Gasteiger partial charge is 0.493 e. The van der Waals surface area contributed by atoms with Gasteiger partial charge < -0.3 is 14.4 Å². The van der Waals surface area contributed by atoms with Crippen LogP contribution < -0.4 is 14.4 Å². The average Bonchev–Trinajstić information content (AvgIpc) is 3.29. The molecule has 182 valence electrons. The van der Waals surface area contributed by atoms with Crippen molar-refractivity contribution in [2.75, 3.05) is 45.3 Å². The van der Waals surface area contributed by atoms with Crippen molar-refractivity contribution in [3.63, 3.8) is 0 Å². The number of benzene rings is 2. The van der Waals surface area contributed by atoms with Gasteiger partial charge in [0.1, 0.15) is 0 Å². The molecule has 1 aliphatic heterocycles. The molecule has 11 heteroatoms. The average molecular weight is 477 g/mol. The summed E-state index contributed by atoms with van der Waals surface area (Å²) in [6.07, 6.45) is -3.62. The Morgan fingerprint density at radius 2 is 1.71 bits per heavy atom. The highest BCUT2D eigenvalue weighted by atomic mass is 19.4. The standard InChI is InChI=1S/C23H27F3N6O2/c1-33-20-7-6-17(14-21(20)34-2)8-9-32-22(27-28-29-32)16-30-10-12-31(13-11-30)19-5-3-4-18(15-19)23(24,25)26/h3-7,14-15H,8-13,16H2,1-2H3. The third-order valence-electron chi connectivity index (χ3n) is 5.94. The Labute approximate surface area is 195 Å². The lowest BCUT2D eigenvalue weighted by molar-refractivity contribution is -0.137. The third-order valence-corrected chi connectivity index (χ3v) is 5.94. The summed E-state index contributed by atoms with van der Waals surface area (Å²) in [4.78, 5) is 4.19. The molecule has 2 heterocycles. The molecule has 1 aliphatic rings. The van der Waals surface area contributed by atoms with Gasteiger partial charge in [-0.1, -0.05) is 12.1 Å². The van der Waals surface area contributed by atoms with E-state index in [1.807, 2.05) is 23.1 Å². The van der Waals surface area contributed by atoms with Crippen LogP contribution in [0.15, 0.2) is 42.5 Å². The number of anilines is 1. The highest BCUT2D eigenvalue weighted by Gasteiger charge is 2.31. The fraction of sp³-hybridized carbons (Fsp3) is 0.435. The van der Waals surface area contributed by atoms with Gasteiger partial charge in [0.05, 0.1) is 26.3 Å². The molecule has 3 aromatic rings. The van der Waals surface area contributed by atoms with Crippen LogP contribution in [-0.2, 0) is 25.7 Å². The number of ether oxygens (including phenoxy) is 2. The Kier molecular flexibility index (Phi) is 7.20. The van der Waals surface area contributed by atoms with E-state index in [4.69, 9.17) is 9.47 Å². The molecule has 0 aliphatic carbocycles. The van der Waals surface area contributed by atoms with E-state index >= 15 is 0 Å². The van der Waals surface area contributed by atoms with Crippen LogP contribution in [0.1, 0.15) is 17.0 Å². The van der Waals surface area contributed by atoms with E-state index in [-0.39, 0.29) is 0 Å². The van der Waals surface area contributed by atoms with Crippen LogP contribution in [0, 0.1) is 0 Å². The van der Waals surface area contributed by atoms with E-state index in [2.05, 4.69) is 20.4 Å². The van der Waals surface area contributed by atoms with Crippen molar-refractivity contribution in [2.24, 2.45) is 0 Å². The van der Waals surface area contributed by atoms with Crippen LogP contribution in [-0.4, -0.2) is 65.5 Å². The van der Waals surface area contributed by atoms with Crippen molar-refractivity contribution in [3.05, 3.63) is 59.4 Å². The molecular formula is C23H27F3N6O2. The minimum Gasteiger partial charge on any atom is -0.493 e. The van der Waals surface area contributed by atoms with Gasteiger partial charge in [-0.25, -0.2) is 4.68 Å². The highest BCUT2D eigenvalue weighted by molar-refractivity contribution is 5.49. The molecule has 34 heavy (non-hydrogen) atoms. The summed E-state index contributed by atoms with van der Waals surface area (Å²) in [5, 5.41) is 12.1. The lowest BCUT2D eigenvalue weighted by atomic mass is 10.1. The molecule has 1 aromatic heterocycles. The van der Waals surface area contributed by atoms with Crippen molar-refractivity contribution in [3.8, 4) is 11.5 Å². The molecule has 0 unspecified atom stereocenters. The predicted molar refractivity (Wildman–Crippen MR) is 120 cm³/mol. The summed E-state index contributed by atoms with van der Waals surface area (Å²) in [6, 6.07) is 11.3. The molecule has 0 amide bonds. The molecule has 0 spiro atoms. The van der Waals surface area contributed by atoms with Gasteiger partial charge in [0, 0.05) is 38.4 Å². The summed E-state index contributed by atoms with van der Waals surface area (Å²) < 4.78 is 51.5. The first-order valence-corrected chi connectivity index (χ1v) is 11.0. The van der Waals surface area contributed by atoms with Crippen LogP contribution in [0.25, 0.3) is 0 Å². The third kappa shape index (κ3) is 5.58. The van der Waals surface area contributed by atoms with Crippen molar-refractivity contribution < 1.29 is 22.6 Å². The van der Waals surface area contributed by atoms with Crippen LogP contribution in [0.2, 0.25) is 0 Å². The molecule has 0 bridgehead atoms. The van der Waals surface area contributed by atoms with E-state index < -0.39 is 11.7 Å². The number of aromatic nitrogens is 4. The Hall–Kier alpha value is -3.34. The predicted octanol–water partition coefficient (Wildman–Crippen LogP) is 3.27. The molecular weight excluding hydrogens is 449 g/mol. The number of aryl methyl sites for hydroxylation is 2. The number of tetrazole rings is 1. The van der Waals surface area contributed by atoms with Crippen LogP contribution in [0.4, 0.5) is 18.9 Å². The monoisotopic (exact) mass is 476 g/mol. The van der Waals surface area contributed by atoms with Crippen molar-refractivity contribution in [1.29, 1.82) is 0 Å². The van der Waals surface area contributed by atoms with E-state index in [1.165, 1.54) is 12.1 Å². The fourth-order valence-corrected chi connectivity index (χ4v) is 4.02. The summed E-state index contributed by atoms with van der Waals surface area (Å²) >= 11 is 0. The van der Waals surface area contributed by atoms with E-state index in [1.54, 1.807) is 25.0 Å². The normalized spacial score (nSPS) is 14.9. The minimum absolute atomic E-state index is 0.579. The second-order valence-electron chi connectivity index (χ2n) is 8.07. The van der Waals surface area contributed by atoms with Gasteiger partial charge in [-0.2, -0.15) is 13.2 Å². The number of piperazine rings is 1. The zero-order chi connectivity index (χ0) is 24.1. The molecule has 1 fully saturated rings. The van der Waals surface area contributed by atoms with Gasteiger partial charge in [-0.05, 0) is 52.7 Å². The SMILES string of the molecule is COc1ccc(CCn2nnnc2CN2CCN(c3cccc(C(F)(F)F)c3)CC2)cc1OC. The maximum atomic E-state index is 13.0. The van der Waals surface area contributed by atoms with Gasteiger partial charge in [-0.15, -0.1) is 5.10 Å². The smallest absolute Gasteiger partial charge is 0.416 e. The number of halogens is 3. The Morgan fingerprint density at radius 1 is 0.941 bits per heavy atom. The Bertz CT molecular complexity index is 1100. The van der Waals surface area contributed by atoms with Crippen molar-refractivity contribution in [2.45, 2.75) is 25.7 Å². The maximum absolute atomic E-state index is 13.0. The molecule has 0 radical (unpaired) electrons. The highest BCUT2D eigenvalue weighted by Crippen LogP contribution is 2.32. The summed E-state index contributed by atoms with van der Waals surface area (Å²) in [5.74, 6) is 2.11. The second-order valence-corrected chi connectivity index (χ2v) is 8.07. The molecule has 2 aromatic carbocycles. The summed E-state index contributed by atoms with van der Waals surface area (Å²) in [6.45, 7) is 3.87. The maximum Gasteiger partial charge on any atom is 0.416 e. The Balaban J connectivity index is 1.32. The number of methoxy groups -OCH3 is 2. The summed E-state index contributed by atoms with van der Waals surface area (Å²) in [5.41, 5.74) is 1.05. The van der Waals surface area contributed by atoms with Crippen molar-refractivity contribution in [1.82, 2.24) is 25.1 Å². The zero-order valence-electron chi connectivity index (χ0n) is 19.1. The van der Waals surface area contributed by atoms with Gasteiger partial charge in [0.2, 0.25) is 0 Å². The van der Waals surface area contributed by atoms with Crippen molar-refractivity contribution >= 4 is 5.69 Å². The van der Waals surface area contributed by atoms with Gasteiger partial charge in [0.15, 0.2) is 17.3 Å². The van der Waals surface area contributed by atoms with Gasteiger partial charge in [0.25, 0.3) is 0 Å². The number of nitrogens with zero attached hydrogens (tertiary/aromatic N) is 6. The molecule has 0 saturated carbocycles. The van der Waals surface area contributed by atoms with Gasteiger partial charge >= 0.3 is 6.18 Å². The first-order chi connectivity index (χ1) is 16.4. The number of alkyl halides is 3. The number of rotatable bonds is 8. The van der Waals surface area contributed by atoms with E-state index in [0.29, 0.717) is 56.5 Å². The molecule has 4 rings (SSSR count). The van der Waals surface area contributed by atoms with Gasteiger partial charge in [-0.3, -0.25) is 4.90 Å². The van der Waals surface area contributed by atoms with Crippen LogP contribution in [0.5, 0.6) is 11.5 Å². The second kappa shape index (κ2) is 10.3. The molecule has 0 N–H and O–H groups in total. The number of hydrogen-bond acceptors (Lipinski definition) is 7. The minimum atomic E-state index is -4.34. The van der Waals surface area contributed by atoms with Crippen LogP contribution >= 0.6 is 0 Å². The molecule has 0 atom stereocenters. The molecule has 1 saturated heterocycles. The Morgan fingerprint density at radius 3 is 2.41 bits per heavy atom. The van der Waals surface area contributed by atoms with E-state index in [0.717, 1.165) is 23.9 Å². The first kappa shape index (κ1) is 23.8.